The van der Waals surface area contributed by atoms with E-state index in [2.05, 4.69) is 5.32 Å². The van der Waals surface area contributed by atoms with Crippen molar-refractivity contribution < 1.29 is 9.72 Å². The molecule has 0 bridgehead atoms. The molecular formula is C14H10Cl2N2O3. The largest absolute Gasteiger partial charge is 0.320 e. The van der Waals surface area contributed by atoms with E-state index < -0.39 is 10.8 Å². The molecule has 7 heteroatoms. The van der Waals surface area contributed by atoms with Gasteiger partial charge in [-0.3, -0.25) is 14.9 Å². The number of carbonyl (C=O) groups excluding carboxylic acids is 1. The van der Waals surface area contributed by atoms with E-state index in [4.69, 9.17) is 23.2 Å². The maximum absolute atomic E-state index is 12.2. The second-order valence-corrected chi connectivity index (χ2v) is 5.20. The van der Waals surface area contributed by atoms with E-state index in [9.17, 15) is 14.9 Å². The first-order chi connectivity index (χ1) is 9.88. The molecule has 1 amide bonds. The maximum atomic E-state index is 12.2. The standard InChI is InChI=1S/C14H10Cl2N2O3/c1-8-2-5-12(11(16)6-8)17-14(19)10-4-3-9(15)7-13(10)18(20)21/h2-7H,1H3,(H,17,19). The van der Waals surface area contributed by atoms with Crippen LogP contribution in [0.2, 0.25) is 10.0 Å². The SMILES string of the molecule is Cc1ccc(NC(=O)c2ccc(Cl)cc2[N+](=O)[O-])c(Cl)c1. The van der Waals surface area contributed by atoms with E-state index >= 15 is 0 Å². The fourth-order valence-corrected chi connectivity index (χ4v) is 2.21. The molecule has 108 valence electrons. The Morgan fingerprint density at radius 1 is 1.19 bits per heavy atom. The Hall–Kier alpha value is -2.11. The Bertz CT molecular complexity index is 732. The van der Waals surface area contributed by atoms with Gasteiger partial charge >= 0.3 is 0 Å². The summed E-state index contributed by atoms with van der Waals surface area (Å²) in [6.07, 6.45) is 0. The number of carbonyl (C=O) groups is 1. The van der Waals surface area contributed by atoms with E-state index in [1.54, 1.807) is 18.2 Å². The van der Waals surface area contributed by atoms with Crippen LogP contribution in [0.4, 0.5) is 11.4 Å². The molecule has 0 heterocycles. The van der Waals surface area contributed by atoms with Crippen molar-refractivity contribution >= 4 is 40.5 Å². The molecule has 2 aromatic rings. The molecule has 0 atom stereocenters. The van der Waals surface area contributed by atoms with Gasteiger partial charge in [-0.15, -0.1) is 0 Å². The molecule has 0 spiro atoms. The number of hydrogen-bond donors (Lipinski definition) is 1. The number of aryl methyl sites for hydroxylation is 1. The highest BCUT2D eigenvalue weighted by Crippen LogP contribution is 2.27. The number of amides is 1. The van der Waals surface area contributed by atoms with Crippen molar-refractivity contribution in [2.75, 3.05) is 5.32 Å². The Morgan fingerprint density at radius 2 is 1.90 bits per heavy atom. The summed E-state index contributed by atoms with van der Waals surface area (Å²) < 4.78 is 0. The second-order valence-electron chi connectivity index (χ2n) is 4.36. The lowest BCUT2D eigenvalue weighted by Gasteiger charge is -2.08. The van der Waals surface area contributed by atoms with Crippen molar-refractivity contribution in [1.82, 2.24) is 0 Å². The highest BCUT2D eigenvalue weighted by Gasteiger charge is 2.21. The van der Waals surface area contributed by atoms with Gasteiger partial charge in [0.15, 0.2) is 0 Å². The minimum absolute atomic E-state index is 0.0824. The number of hydrogen-bond acceptors (Lipinski definition) is 3. The van der Waals surface area contributed by atoms with E-state index in [1.165, 1.54) is 12.1 Å². The van der Waals surface area contributed by atoms with Crippen LogP contribution in [0.3, 0.4) is 0 Å². The topological polar surface area (TPSA) is 72.2 Å². The van der Waals surface area contributed by atoms with Gasteiger partial charge in [0, 0.05) is 11.1 Å². The summed E-state index contributed by atoms with van der Waals surface area (Å²) in [5, 5.41) is 14.1. The molecule has 21 heavy (non-hydrogen) atoms. The number of anilines is 1. The van der Waals surface area contributed by atoms with Gasteiger partial charge in [-0.05, 0) is 36.8 Å². The van der Waals surface area contributed by atoms with Crippen LogP contribution < -0.4 is 5.32 Å². The van der Waals surface area contributed by atoms with Gasteiger partial charge in [-0.2, -0.15) is 0 Å². The third-order valence-electron chi connectivity index (χ3n) is 2.77. The first-order valence-electron chi connectivity index (χ1n) is 5.90. The molecule has 0 saturated carbocycles. The van der Waals surface area contributed by atoms with Crippen LogP contribution in [-0.2, 0) is 0 Å². The van der Waals surface area contributed by atoms with Crippen molar-refractivity contribution in [3.05, 3.63) is 67.7 Å². The van der Waals surface area contributed by atoms with Crippen molar-refractivity contribution in [2.24, 2.45) is 0 Å². The van der Waals surface area contributed by atoms with Crippen LogP contribution in [0.1, 0.15) is 15.9 Å². The van der Waals surface area contributed by atoms with Crippen molar-refractivity contribution in [1.29, 1.82) is 0 Å². The number of rotatable bonds is 3. The summed E-state index contributed by atoms with van der Waals surface area (Å²) >= 11 is 11.7. The Morgan fingerprint density at radius 3 is 2.52 bits per heavy atom. The van der Waals surface area contributed by atoms with Crippen molar-refractivity contribution in [2.45, 2.75) is 6.92 Å². The summed E-state index contributed by atoms with van der Waals surface area (Å²) in [6, 6.07) is 8.95. The lowest BCUT2D eigenvalue weighted by atomic mass is 10.1. The van der Waals surface area contributed by atoms with Crippen LogP contribution >= 0.6 is 23.2 Å². The average Bonchev–Trinajstić information content (AvgIpc) is 2.41. The van der Waals surface area contributed by atoms with Crippen LogP contribution in [0.15, 0.2) is 36.4 Å². The van der Waals surface area contributed by atoms with Crippen molar-refractivity contribution in [3.8, 4) is 0 Å². The molecular weight excluding hydrogens is 315 g/mol. The minimum atomic E-state index is -0.655. The number of nitro groups is 1. The maximum Gasteiger partial charge on any atom is 0.283 e. The number of nitro benzene ring substituents is 1. The predicted octanol–water partition coefficient (Wildman–Crippen LogP) is 4.46. The van der Waals surface area contributed by atoms with Gasteiger partial charge < -0.3 is 5.32 Å². The van der Waals surface area contributed by atoms with E-state index in [0.717, 1.165) is 11.6 Å². The summed E-state index contributed by atoms with van der Waals surface area (Å²) in [5.41, 5.74) is 0.885. The molecule has 0 unspecified atom stereocenters. The first kappa shape index (κ1) is 15.3. The fraction of sp³-hybridized carbons (Fsp3) is 0.0714. The molecule has 2 aromatic carbocycles. The van der Waals surface area contributed by atoms with Gasteiger partial charge in [0.1, 0.15) is 5.56 Å². The highest BCUT2D eigenvalue weighted by molar-refractivity contribution is 6.34. The molecule has 5 nitrogen and oxygen atoms in total. The summed E-state index contributed by atoms with van der Waals surface area (Å²) in [6.45, 7) is 1.86. The fourth-order valence-electron chi connectivity index (χ4n) is 1.76. The lowest BCUT2D eigenvalue weighted by Crippen LogP contribution is -2.14. The predicted molar refractivity (Wildman–Crippen MR) is 82.2 cm³/mol. The third kappa shape index (κ3) is 3.51. The number of benzene rings is 2. The summed E-state index contributed by atoms with van der Waals surface area (Å²) in [7, 11) is 0. The monoisotopic (exact) mass is 324 g/mol. The van der Waals surface area contributed by atoms with E-state index in [-0.39, 0.29) is 16.3 Å². The molecule has 1 N–H and O–H groups in total. The molecule has 0 radical (unpaired) electrons. The van der Waals surface area contributed by atoms with E-state index in [1.807, 2.05) is 6.92 Å². The van der Waals surface area contributed by atoms with Crippen molar-refractivity contribution in [3.63, 3.8) is 0 Å². The van der Waals surface area contributed by atoms with Gasteiger partial charge in [0.05, 0.1) is 15.6 Å². The molecule has 0 saturated heterocycles. The Labute approximate surface area is 130 Å². The number of nitrogens with one attached hydrogen (secondary N) is 1. The first-order valence-corrected chi connectivity index (χ1v) is 6.65. The van der Waals surface area contributed by atoms with Gasteiger partial charge in [0.2, 0.25) is 0 Å². The molecule has 0 aromatic heterocycles. The second kappa shape index (κ2) is 6.11. The zero-order valence-electron chi connectivity index (χ0n) is 10.9. The van der Waals surface area contributed by atoms with Gasteiger partial charge in [-0.1, -0.05) is 29.3 Å². The van der Waals surface area contributed by atoms with Crippen LogP contribution in [0, 0.1) is 17.0 Å². The molecule has 0 aliphatic rings. The minimum Gasteiger partial charge on any atom is -0.320 e. The van der Waals surface area contributed by atoms with E-state index in [0.29, 0.717) is 10.7 Å². The molecule has 2 rings (SSSR count). The third-order valence-corrected chi connectivity index (χ3v) is 3.32. The molecule has 0 aliphatic carbocycles. The van der Waals surface area contributed by atoms with Gasteiger partial charge in [-0.25, -0.2) is 0 Å². The quantitative estimate of drug-likeness (QED) is 0.669. The molecule has 0 aliphatic heterocycles. The van der Waals surface area contributed by atoms with Crippen LogP contribution in [0.5, 0.6) is 0 Å². The van der Waals surface area contributed by atoms with Crippen LogP contribution in [-0.4, -0.2) is 10.8 Å². The number of nitrogens with zero attached hydrogens (tertiary/aromatic N) is 1. The normalized spacial score (nSPS) is 10.2. The summed E-state index contributed by atoms with van der Waals surface area (Å²) in [5.74, 6) is -0.621. The highest BCUT2D eigenvalue weighted by atomic mass is 35.5. The molecule has 0 fully saturated rings. The average molecular weight is 325 g/mol. The smallest absolute Gasteiger partial charge is 0.283 e. The van der Waals surface area contributed by atoms with Gasteiger partial charge in [0.25, 0.3) is 11.6 Å². The van der Waals surface area contributed by atoms with Crippen LogP contribution in [0.25, 0.3) is 0 Å². The Balaban J connectivity index is 2.34. The zero-order valence-corrected chi connectivity index (χ0v) is 12.4. The zero-order chi connectivity index (χ0) is 15.6. The Kier molecular flexibility index (Phi) is 4.45. The summed E-state index contributed by atoms with van der Waals surface area (Å²) in [4.78, 5) is 22.5. The number of halogens is 2. The lowest BCUT2D eigenvalue weighted by molar-refractivity contribution is -0.385.